The number of nitrogens with one attached hydrogen (secondary N) is 1. The minimum absolute atomic E-state index is 0.717. The van der Waals surface area contributed by atoms with Crippen molar-refractivity contribution in [2.24, 2.45) is 0 Å². The van der Waals surface area contributed by atoms with Crippen molar-refractivity contribution in [2.45, 2.75) is 62.2 Å². The molecule has 0 aliphatic carbocycles. The Hall–Kier alpha value is -1.67. The van der Waals surface area contributed by atoms with Gasteiger partial charge in [0.2, 0.25) is 0 Å². The molecule has 11 atom stereocenters. The Labute approximate surface area is 205 Å². The Bertz CT molecular complexity index is 1200. The lowest BCUT2D eigenvalue weighted by atomic mass is 9.97. The van der Waals surface area contributed by atoms with Gasteiger partial charge in [0.25, 0.3) is 5.56 Å². The van der Waals surface area contributed by atoms with Gasteiger partial charge in [-0.1, -0.05) is 0 Å². The smallest absolute Gasteiger partial charge is 0.387 e. The SMILES string of the molecule is CC(=O)C1OC(OP(=O)(O)OP(=O)(O)OCC2OC(n3ccc(=O)[nH]c3=O)C(O)C2O)C(O)C(O)C1O. The zero-order valence-electron chi connectivity index (χ0n) is 18.6. The van der Waals surface area contributed by atoms with Crippen LogP contribution in [-0.4, -0.2) is 106 Å². The summed E-state index contributed by atoms with van der Waals surface area (Å²) in [6, 6.07) is 0.924. The molecule has 19 nitrogen and oxygen atoms in total. The topological polar surface area (TPSA) is 294 Å². The molecule has 3 heterocycles. The average Bonchev–Trinajstić information content (AvgIpc) is 3.05. The second kappa shape index (κ2) is 11.2. The van der Waals surface area contributed by atoms with Gasteiger partial charge in [-0.15, -0.1) is 0 Å². The second-order valence-corrected chi connectivity index (χ2v) is 11.0. The van der Waals surface area contributed by atoms with Crippen LogP contribution in [0.15, 0.2) is 21.9 Å². The molecule has 0 aromatic carbocycles. The average molecular weight is 578 g/mol. The molecule has 1 aromatic rings. The maximum atomic E-state index is 12.2. The Morgan fingerprint density at radius 2 is 1.65 bits per heavy atom. The fourth-order valence-electron chi connectivity index (χ4n) is 3.47. The number of ketones is 1. The standard InChI is InChI=1S/C16H24N2O17P2/c1-5(19)13-10(23)9(22)12(25)15(33-13)34-37(29,30)35-36(27,28)31-4-6-8(21)11(24)14(32-6)18-3-2-7(20)17-16(18)26/h2-3,6,8-15,21-25H,4H2,1H3,(H,27,28)(H,29,30)(H,17,20,26). The molecule has 8 N–H and O–H groups in total. The van der Waals surface area contributed by atoms with Crippen LogP contribution >= 0.6 is 15.6 Å². The summed E-state index contributed by atoms with van der Waals surface area (Å²) in [4.78, 5) is 56.1. The molecule has 3 rings (SSSR count). The molecule has 0 saturated carbocycles. The summed E-state index contributed by atoms with van der Waals surface area (Å²) in [7, 11) is -11.2. The first kappa shape index (κ1) is 29.9. The zero-order chi connectivity index (χ0) is 27.9. The van der Waals surface area contributed by atoms with E-state index in [1.807, 2.05) is 4.98 Å². The Kier molecular flexibility index (Phi) is 9.05. The van der Waals surface area contributed by atoms with E-state index in [1.54, 1.807) is 0 Å². The van der Waals surface area contributed by atoms with Gasteiger partial charge in [0.05, 0.1) is 6.61 Å². The first-order chi connectivity index (χ1) is 17.0. The largest absolute Gasteiger partial charge is 0.483 e. The molecule has 21 heteroatoms. The van der Waals surface area contributed by atoms with E-state index in [2.05, 4.69) is 13.4 Å². The summed E-state index contributed by atoms with van der Waals surface area (Å²) < 4.78 is 48.2. The molecule has 37 heavy (non-hydrogen) atoms. The lowest BCUT2D eigenvalue weighted by Gasteiger charge is -2.39. The van der Waals surface area contributed by atoms with Gasteiger partial charge < -0.3 is 44.8 Å². The lowest BCUT2D eigenvalue weighted by molar-refractivity contribution is -0.269. The number of phosphoric acid groups is 2. The number of aliphatic hydroxyl groups is 5. The highest BCUT2D eigenvalue weighted by molar-refractivity contribution is 7.61. The highest BCUT2D eigenvalue weighted by Crippen LogP contribution is 2.61. The van der Waals surface area contributed by atoms with E-state index in [0.717, 1.165) is 23.8 Å². The third-order valence-corrected chi connectivity index (χ3v) is 7.88. The fourth-order valence-corrected chi connectivity index (χ4v) is 5.63. The van der Waals surface area contributed by atoms with Crippen molar-refractivity contribution < 1.29 is 72.1 Å². The molecule has 0 amide bonds. The summed E-state index contributed by atoms with van der Waals surface area (Å²) in [6.45, 7) is -0.102. The Morgan fingerprint density at radius 3 is 2.24 bits per heavy atom. The molecule has 11 unspecified atom stereocenters. The number of Topliss-reactive ketones (excluding diaryl/α,β-unsaturated/α-hetero) is 1. The predicted molar refractivity (Wildman–Crippen MR) is 112 cm³/mol. The van der Waals surface area contributed by atoms with Gasteiger partial charge in [-0.05, 0) is 6.92 Å². The van der Waals surface area contributed by atoms with Gasteiger partial charge in [-0.2, -0.15) is 4.31 Å². The first-order valence-corrected chi connectivity index (χ1v) is 13.2. The van der Waals surface area contributed by atoms with Crippen LogP contribution in [0.4, 0.5) is 0 Å². The highest BCUT2D eigenvalue weighted by atomic mass is 31.3. The molecule has 210 valence electrons. The van der Waals surface area contributed by atoms with Gasteiger partial charge in [-0.3, -0.25) is 28.2 Å². The number of aromatic amines is 1. The van der Waals surface area contributed by atoms with Crippen molar-refractivity contribution in [1.82, 2.24) is 9.55 Å². The van der Waals surface area contributed by atoms with Crippen molar-refractivity contribution in [1.29, 1.82) is 0 Å². The van der Waals surface area contributed by atoms with Crippen molar-refractivity contribution in [2.75, 3.05) is 6.61 Å². The van der Waals surface area contributed by atoms with E-state index in [-0.39, 0.29) is 0 Å². The number of phosphoric ester groups is 2. The third kappa shape index (κ3) is 6.86. The molecule has 0 radical (unpaired) electrons. The van der Waals surface area contributed by atoms with E-state index < -0.39 is 94.5 Å². The Morgan fingerprint density at radius 1 is 1.00 bits per heavy atom. The van der Waals surface area contributed by atoms with E-state index in [9.17, 15) is 58.8 Å². The molecule has 2 saturated heterocycles. The first-order valence-electron chi connectivity index (χ1n) is 10.3. The number of H-pyrrole nitrogens is 1. The molecular weight excluding hydrogens is 554 g/mol. The van der Waals surface area contributed by atoms with Gasteiger partial charge >= 0.3 is 21.3 Å². The highest BCUT2D eigenvalue weighted by Gasteiger charge is 2.50. The number of carbonyl (C=O) groups is 1. The Balaban J connectivity index is 1.63. The monoisotopic (exact) mass is 578 g/mol. The summed E-state index contributed by atoms with van der Waals surface area (Å²) in [5, 5.41) is 49.7. The molecule has 2 aliphatic rings. The van der Waals surface area contributed by atoms with Crippen LogP contribution in [0.25, 0.3) is 0 Å². The van der Waals surface area contributed by atoms with Crippen LogP contribution in [0.1, 0.15) is 13.2 Å². The van der Waals surface area contributed by atoms with Gasteiger partial charge in [0.15, 0.2) is 18.3 Å². The van der Waals surface area contributed by atoms with Crippen LogP contribution in [0, 0.1) is 0 Å². The number of aromatic nitrogens is 2. The van der Waals surface area contributed by atoms with Crippen LogP contribution in [-0.2, 0) is 36.8 Å². The number of aliphatic hydroxyl groups excluding tert-OH is 5. The summed E-state index contributed by atoms with van der Waals surface area (Å²) >= 11 is 0. The van der Waals surface area contributed by atoms with E-state index >= 15 is 0 Å². The van der Waals surface area contributed by atoms with Crippen LogP contribution in [0.5, 0.6) is 0 Å². The molecule has 0 spiro atoms. The van der Waals surface area contributed by atoms with Crippen LogP contribution in [0.3, 0.4) is 0 Å². The molecule has 2 fully saturated rings. The number of carbonyl (C=O) groups excluding carboxylic acids is 1. The van der Waals surface area contributed by atoms with Crippen molar-refractivity contribution >= 4 is 21.4 Å². The minimum Gasteiger partial charge on any atom is -0.387 e. The number of hydrogen-bond acceptors (Lipinski definition) is 15. The minimum atomic E-state index is -5.64. The fraction of sp³-hybridized carbons (Fsp3) is 0.688. The lowest BCUT2D eigenvalue weighted by Crippen LogP contribution is -2.59. The van der Waals surface area contributed by atoms with Gasteiger partial charge in [0.1, 0.15) is 42.7 Å². The third-order valence-electron chi connectivity index (χ3n) is 5.28. The van der Waals surface area contributed by atoms with Gasteiger partial charge in [-0.25, -0.2) is 13.9 Å². The molecular formula is C16H24N2O17P2. The summed E-state index contributed by atoms with van der Waals surface area (Å²) in [5.41, 5.74) is -1.76. The van der Waals surface area contributed by atoms with Crippen LogP contribution in [0.2, 0.25) is 0 Å². The number of ether oxygens (including phenoxy) is 2. The maximum absolute atomic E-state index is 12.2. The van der Waals surface area contributed by atoms with E-state index in [0.29, 0.717) is 0 Å². The quantitative estimate of drug-likeness (QED) is 0.129. The van der Waals surface area contributed by atoms with Gasteiger partial charge in [0, 0.05) is 12.3 Å². The van der Waals surface area contributed by atoms with Crippen molar-refractivity contribution in [3.8, 4) is 0 Å². The normalized spacial score (nSPS) is 37.6. The molecule has 1 aromatic heterocycles. The number of rotatable bonds is 9. The van der Waals surface area contributed by atoms with Crippen molar-refractivity contribution in [3.63, 3.8) is 0 Å². The summed E-state index contributed by atoms with van der Waals surface area (Å²) in [5.74, 6) is -0.850. The predicted octanol–water partition coefficient (Wildman–Crippen LogP) is -4.20. The van der Waals surface area contributed by atoms with E-state index in [4.69, 9.17) is 9.47 Å². The second-order valence-electron chi connectivity index (χ2n) is 7.99. The number of hydrogen-bond donors (Lipinski definition) is 8. The molecule has 0 bridgehead atoms. The molecule has 2 aliphatic heterocycles. The zero-order valence-corrected chi connectivity index (χ0v) is 20.4. The maximum Gasteiger partial charge on any atom is 0.483 e. The number of nitrogens with zero attached hydrogens (tertiary/aromatic N) is 1. The van der Waals surface area contributed by atoms with Crippen molar-refractivity contribution in [3.05, 3.63) is 33.1 Å². The van der Waals surface area contributed by atoms with E-state index in [1.165, 1.54) is 0 Å². The summed E-state index contributed by atoms with van der Waals surface area (Å²) in [6.07, 6.45) is -16.0. The van der Waals surface area contributed by atoms with Crippen LogP contribution < -0.4 is 11.2 Å².